The van der Waals surface area contributed by atoms with Crippen molar-refractivity contribution >= 4 is 15.9 Å². The minimum absolute atomic E-state index is 0.0618. The van der Waals surface area contributed by atoms with Crippen LogP contribution in [0.3, 0.4) is 0 Å². The van der Waals surface area contributed by atoms with Gasteiger partial charge in [0.15, 0.2) is 0 Å². The lowest BCUT2D eigenvalue weighted by molar-refractivity contribution is 0.0716. The van der Waals surface area contributed by atoms with Crippen molar-refractivity contribution in [2.24, 2.45) is 0 Å². The van der Waals surface area contributed by atoms with E-state index >= 15 is 0 Å². The summed E-state index contributed by atoms with van der Waals surface area (Å²) in [4.78, 5) is 18.9. The first kappa shape index (κ1) is 21.2. The third kappa shape index (κ3) is 5.75. The average molecular weight is 420 g/mol. The van der Waals surface area contributed by atoms with Gasteiger partial charge in [-0.2, -0.15) is 4.31 Å². The Labute approximate surface area is 171 Å². The van der Waals surface area contributed by atoms with E-state index < -0.39 is 10.0 Å². The maximum absolute atomic E-state index is 13.1. The van der Waals surface area contributed by atoms with E-state index in [9.17, 15) is 13.2 Å². The highest BCUT2D eigenvalue weighted by molar-refractivity contribution is 7.89. The van der Waals surface area contributed by atoms with Crippen molar-refractivity contribution in [1.29, 1.82) is 0 Å². The summed E-state index contributed by atoms with van der Waals surface area (Å²) >= 11 is 0. The molecule has 9 heteroatoms. The third-order valence-corrected chi connectivity index (χ3v) is 6.52. The van der Waals surface area contributed by atoms with Crippen molar-refractivity contribution < 1.29 is 22.7 Å². The van der Waals surface area contributed by atoms with E-state index in [-0.39, 0.29) is 24.7 Å². The fourth-order valence-corrected chi connectivity index (χ4v) is 4.47. The molecule has 29 heavy (non-hydrogen) atoms. The molecule has 0 radical (unpaired) electrons. The van der Waals surface area contributed by atoms with Crippen LogP contribution in [0, 0.1) is 0 Å². The predicted molar refractivity (Wildman–Crippen MR) is 108 cm³/mol. The zero-order valence-electron chi connectivity index (χ0n) is 16.4. The standard InChI is InChI=1S/C20H25N3O5S/c1-27-19-7-4-5-17(15-19)20(24)22(16-18-6-2-3-8-21-18)11-14-29(25,26)23-9-12-28-13-10-23/h2-8,15H,9-14,16H2,1H3. The molecule has 0 saturated carbocycles. The number of carbonyl (C=O) groups excluding carboxylic acids is 1. The minimum atomic E-state index is -3.48. The van der Waals surface area contributed by atoms with Crippen molar-refractivity contribution in [2.45, 2.75) is 6.54 Å². The number of sulfonamides is 1. The van der Waals surface area contributed by atoms with Crippen LogP contribution in [0.5, 0.6) is 5.75 Å². The van der Waals surface area contributed by atoms with Gasteiger partial charge in [0.2, 0.25) is 10.0 Å². The highest BCUT2D eigenvalue weighted by atomic mass is 32.2. The lowest BCUT2D eigenvalue weighted by Gasteiger charge is -2.28. The fraction of sp³-hybridized carbons (Fsp3) is 0.400. The summed E-state index contributed by atoms with van der Waals surface area (Å²) in [5.74, 6) is 0.136. The summed E-state index contributed by atoms with van der Waals surface area (Å²) in [5, 5.41) is 0. The van der Waals surface area contributed by atoms with Gasteiger partial charge < -0.3 is 14.4 Å². The first-order chi connectivity index (χ1) is 14.0. The molecule has 2 heterocycles. The number of nitrogens with zero attached hydrogens (tertiary/aromatic N) is 3. The highest BCUT2D eigenvalue weighted by Gasteiger charge is 2.26. The number of pyridine rings is 1. The monoisotopic (exact) mass is 419 g/mol. The number of aromatic nitrogens is 1. The first-order valence-corrected chi connectivity index (χ1v) is 11.0. The molecule has 1 aromatic heterocycles. The number of ether oxygens (including phenoxy) is 2. The van der Waals surface area contributed by atoms with Crippen molar-refractivity contribution in [3.8, 4) is 5.75 Å². The molecule has 1 aromatic carbocycles. The summed E-state index contributed by atoms with van der Waals surface area (Å²) in [6.45, 7) is 1.74. The maximum Gasteiger partial charge on any atom is 0.254 e. The molecule has 0 spiro atoms. The Morgan fingerprint density at radius 1 is 1.21 bits per heavy atom. The second-order valence-corrected chi connectivity index (χ2v) is 8.70. The summed E-state index contributed by atoms with van der Waals surface area (Å²) in [7, 11) is -1.95. The van der Waals surface area contributed by atoms with Crippen LogP contribution in [0.25, 0.3) is 0 Å². The van der Waals surface area contributed by atoms with Crippen LogP contribution in [-0.2, 0) is 21.3 Å². The number of methoxy groups -OCH3 is 1. The van der Waals surface area contributed by atoms with Gasteiger partial charge in [-0.1, -0.05) is 12.1 Å². The van der Waals surface area contributed by atoms with E-state index in [2.05, 4.69) is 4.98 Å². The van der Waals surface area contributed by atoms with Gasteiger partial charge in [0.25, 0.3) is 5.91 Å². The maximum atomic E-state index is 13.1. The fourth-order valence-electron chi connectivity index (χ4n) is 3.06. The quantitative estimate of drug-likeness (QED) is 0.643. The largest absolute Gasteiger partial charge is 0.497 e. The Hall–Kier alpha value is -2.49. The van der Waals surface area contributed by atoms with Crippen LogP contribution in [-0.4, -0.2) is 74.2 Å². The number of hydrogen-bond donors (Lipinski definition) is 0. The Balaban J connectivity index is 1.77. The number of carbonyl (C=O) groups is 1. The summed E-state index contributed by atoms with van der Waals surface area (Å²) < 4.78 is 37.2. The third-order valence-electron chi connectivity index (χ3n) is 4.67. The summed E-state index contributed by atoms with van der Waals surface area (Å²) in [6, 6.07) is 12.2. The molecule has 0 unspecified atom stereocenters. The van der Waals surface area contributed by atoms with Gasteiger partial charge in [-0.15, -0.1) is 0 Å². The zero-order chi connectivity index (χ0) is 20.7. The van der Waals surface area contributed by atoms with Crippen molar-refractivity contribution in [1.82, 2.24) is 14.2 Å². The second kappa shape index (κ2) is 9.82. The molecule has 1 fully saturated rings. The summed E-state index contributed by atoms with van der Waals surface area (Å²) in [6.07, 6.45) is 1.65. The number of hydrogen-bond acceptors (Lipinski definition) is 6. The van der Waals surface area contributed by atoms with Gasteiger partial charge in [0.05, 0.1) is 38.3 Å². The van der Waals surface area contributed by atoms with E-state index in [1.807, 2.05) is 12.1 Å². The molecule has 0 atom stereocenters. The minimum Gasteiger partial charge on any atom is -0.497 e. The number of rotatable bonds is 8. The van der Waals surface area contributed by atoms with E-state index in [4.69, 9.17) is 9.47 Å². The number of benzene rings is 1. The number of morpholine rings is 1. The van der Waals surface area contributed by atoms with E-state index in [0.717, 1.165) is 0 Å². The van der Waals surface area contributed by atoms with Gasteiger partial charge in [0, 0.05) is 31.4 Å². The molecule has 3 rings (SSSR count). The Morgan fingerprint density at radius 3 is 2.69 bits per heavy atom. The molecule has 1 saturated heterocycles. The summed E-state index contributed by atoms with van der Waals surface area (Å²) in [5.41, 5.74) is 1.12. The molecule has 1 amide bonds. The van der Waals surface area contributed by atoms with Gasteiger partial charge >= 0.3 is 0 Å². The van der Waals surface area contributed by atoms with Crippen LogP contribution >= 0.6 is 0 Å². The molecule has 0 aliphatic carbocycles. The van der Waals surface area contributed by atoms with Crippen LogP contribution in [0.4, 0.5) is 0 Å². The van der Waals surface area contributed by atoms with Gasteiger partial charge in [0.1, 0.15) is 5.75 Å². The number of amides is 1. The Morgan fingerprint density at radius 2 is 2.00 bits per heavy atom. The van der Waals surface area contributed by atoms with E-state index in [1.165, 1.54) is 16.3 Å². The molecule has 0 bridgehead atoms. The van der Waals surface area contributed by atoms with Gasteiger partial charge in [-0.25, -0.2) is 8.42 Å². The molecule has 8 nitrogen and oxygen atoms in total. The molecule has 0 N–H and O–H groups in total. The molecule has 156 valence electrons. The predicted octanol–water partition coefficient (Wildman–Crippen LogP) is 1.39. The Kier molecular flexibility index (Phi) is 7.18. The first-order valence-electron chi connectivity index (χ1n) is 9.38. The molecule has 2 aromatic rings. The van der Waals surface area contributed by atoms with Crippen LogP contribution in [0.15, 0.2) is 48.7 Å². The SMILES string of the molecule is COc1cccc(C(=O)N(CCS(=O)(=O)N2CCOCC2)Cc2ccccn2)c1. The van der Waals surface area contributed by atoms with Gasteiger partial charge in [-0.3, -0.25) is 9.78 Å². The van der Waals surface area contributed by atoms with Gasteiger partial charge in [-0.05, 0) is 30.3 Å². The molecular formula is C20H25N3O5S. The Bertz CT molecular complexity index is 915. The average Bonchev–Trinajstić information content (AvgIpc) is 2.77. The zero-order valence-corrected chi connectivity index (χ0v) is 17.2. The van der Waals surface area contributed by atoms with E-state index in [1.54, 1.807) is 36.5 Å². The van der Waals surface area contributed by atoms with Crippen molar-refractivity contribution in [2.75, 3.05) is 45.7 Å². The lowest BCUT2D eigenvalue weighted by atomic mass is 10.2. The normalized spacial score (nSPS) is 15.1. The van der Waals surface area contributed by atoms with Crippen molar-refractivity contribution in [3.63, 3.8) is 0 Å². The molecule has 1 aliphatic heterocycles. The van der Waals surface area contributed by atoms with Crippen LogP contribution in [0.2, 0.25) is 0 Å². The topological polar surface area (TPSA) is 89.0 Å². The van der Waals surface area contributed by atoms with Crippen molar-refractivity contribution in [3.05, 3.63) is 59.9 Å². The van der Waals surface area contributed by atoms with Crippen LogP contribution < -0.4 is 4.74 Å². The molecular weight excluding hydrogens is 394 g/mol. The smallest absolute Gasteiger partial charge is 0.254 e. The van der Waals surface area contributed by atoms with E-state index in [0.29, 0.717) is 43.3 Å². The van der Waals surface area contributed by atoms with Crippen LogP contribution in [0.1, 0.15) is 16.1 Å². The molecule has 1 aliphatic rings. The highest BCUT2D eigenvalue weighted by Crippen LogP contribution is 2.16. The second-order valence-electron chi connectivity index (χ2n) is 6.61. The lowest BCUT2D eigenvalue weighted by Crippen LogP contribution is -2.44.